The number of nitrogens with zero attached hydrogens (tertiary/aromatic N) is 2. The zero-order valence-corrected chi connectivity index (χ0v) is 10.7. The third-order valence-electron chi connectivity index (χ3n) is 2.89. The molecule has 0 saturated heterocycles. The molecule has 0 saturated carbocycles. The van der Waals surface area contributed by atoms with Crippen molar-refractivity contribution in [2.24, 2.45) is 0 Å². The summed E-state index contributed by atoms with van der Waals surface area (Å²) in [5.41, 5.74) is 0.392. The van der Waals surface area contributed by atoms with Crippen LogP contribution in [0.15, 0.2) is 42.5 Å². The molecule has 6 heteroatoms. The second-order valence-electron chi connectivity index (χ2n) is 4.35. The highest BCUT2D eigenvalue weighted by Crippen LogP contribution is 2.30. The van der Waals surface area contributed by atoms with Gasteiger partial charge in [0.05, 0.1) is 4.92 Å². The average Bonchev–Trinajstić information content (AvgIpc) is 2.40. The average molecular weight is 278 g/mol. The zero-order valence-electron chi connectivity index (χ0n) is 10.7. The lowest BCUT2D eigenvalue weighted by molar-refractivity contribution is -0.386. The summed E-state index contributed by atoms with van der Waals surface area (Å²) < 4.78 is 26.4. The van der Waals surface area contributed by atoms with Gasteiger partial charge in [0.25, 0.3) is 0 Å². The number of rotatable bonds is 4. The molecule has 0 N–H and O–H groups in total. The van der Waals surface area contributed by atoms with Crippen molar-refractivity contribution in [2.45, 2.75) is 6.54 Å². The maximum absolute atomic E-state index is 13.5. The van der Waals surface area contributed by atoms with Crippen LogP contribution in [0.2, 0.25) is 0 Å². The fraction of sp³-hybridized carbons (Fsp3) is 0.143. The molecule has 0 spiro atoms. The Hall–Kier alpha value is -2.50. The first-order valence-corrected chi connectivity index (χ1v) is 5.87. The van der Waals surface area contributed by atoms with Gasteiger partial charge in [-0.25, -0.2) is 4.39 Å². The maximum atomic E-state index is 13.5. The van der Waals surface area contributed by atoms with E-state index >= 15 is 0 Å². The third kappa shape index (κ3) is 2.90. The van der Waals surface area contributed by atoms with Crippen LogP contribution in [0, 0.1) is 21.7 Å². The van der Waals surface area contributed by atoms with E-state index in [0.29, 0.717) is 6.54 Å². The summed E-state index contributed by atoms with van der Waals surface area (Å²) in [7, 11) is 1.62. The molecule has 0 aromatic heterocycles. The Morgan fingerprint density at radius 1 is 1.15 bits per heavy atom. The van der Waals surface area contributed by atoms with Crippen molar-refractivity contribution in [1.29, 1.82) is 0 Å². The van der Waals surface area contributed by atoms with Gasteiger partial charge < -0.3 is 4.90 Å². The number of anilines is 1. The molecule has 0 bridgehead atoms. The van der Waals surface area contributed by atoms with Crippen molar-refractivity contribution in [2.75, 3.05) is 11.9 Å². The maximum Gasteiger partial charge on any atom is 0.327 e. The Balaban J connectivity index is 2.29. The Morgan fingerprint density at radius 2 is 1.80 bits per heavy atom. The minimum absolute atomic E-state index is 0.180. The predicted molar refractivity (Wildman–Crippen MR) is 71.6 cm³/mol. The van der Waals surface area contributed by atoms with Crippen molar-refractivity contribution in [3.63, 3.8) is 0 Å². The number of para-hydroxylation sites is 1. The number of halogens is 2. The van der Waals surface area contributed by atoms with Gasteiger partial charge in [-0.2, -0.15) is 4.39 Å². The van der Waals surface area contributed by atoms with E-state index in [1.165, 1.54) is 24.3 Å². The summed E-state index contributed by atoms with van der Waals surface area (Å²) in [4.78, 5) is 11.7. The fourth-order valence-electron chi connectivity index (χ4n) is 1.94. The van der Waals surface area contributed by atoms with Crippen LogP contribution >= 0.6 is 0 Å². The van der Waals surface area contributed by atoms with Crippen molar-refractivity contribution >= 4 is 11.4 Å². The zero-order chi connectivity index (χ0) is 14.7. The molecule has 104 valence electrons. The first kappa shape index (κ1) is 13.9. The van der Waals surface area contributed by atoms with Crippen molar-refractivity contribution < 1.29 is 13.7 Å². The molecular formula is C14H12F2N2O2. The van der Waals surface area contributed by atoms with Crippen molar-refractivity contribution in [1.82, 2.24) is 0 Å². The van der Waals surface area contributed by atoms with Crippen LogP contribution in [0.1, 0.15) is 5.56 Å². The van der Waals surface area contributed by atoms with E-state index in [0.717, 1.165) is 11.6 Å². The predicted octanol–water partition coefficient (Wildman–Crippen LogP) is 3.51. The Morgan fingerprint density at radius 3 is 2.40 bits per heavy atom. The molecule has 0 aliphatic rings. The first-order valence-electron chi connectivity index (χ1n) is 5.87. The summed E-state index contributed by atoms with van der Waals surface area (Å²) in [6.07, 6.45) is 0. The molecule has 0 unspecified atom stereocenters. The Bertz CT molecular complexity index is 630. The number of nitro groups is 1. The lowest BCUT2D eigenvalue weighted by Gasteiger charge is -2.19. The molecule has 0 aliphatic carbocycles. The van der Waals surface area contributed by atoms with Gasteiger partial charge in [-0.1, -0.05) is 18.2 Å². The lowest BCUT2D eigenvalue weighted by Crippen LogP contribution is -2.18. The minimum Gasteiger partial charge on any atom is -0.365 e. The van der Waals surface area contributed by atoms with Crippen LogP contribution in [0.3, 0.4) is 0 Å². The molecule has 2 aromatic rings. The van der Waals surface area contributed by atoms with Gasteiger partial charge in [-0.05, 0) is 29.8 Å². The molecule has 0 radical (unpaired) electrons. The highest BCUT2D eigenvalue weighted by molar-refractivity contribution is 5.63. The van der Waals surface area contributed by atoms with Gasteiger partial charge in [-0.15, -0.1) is 0 Å². The third-order valence-corrected chi connectivity index (χ3v) is 2.89. The summed E-state index contributed by atoms with van der Waals surface area (Å²) in [5.74, 6) is -1.23. The monoisotopic (exact) mass is 278 g/mol. The van der Waals surface area contributed by atoms with Crippen LogP contribution in [0.25, 0.3) is 0 Å². The number of hydrogen-bond acceptors (Lipinski definition) is 3. The molecule has 0 heterocycles. The smallest absolute Gasteiger partial charge is 0.327 e. The molecule has 0 fully saturated rings. The first-order chi connectivity index (χ1) is 9.49. The molecule has 2 aromatic carbocycles. The normalized spacial score (nSPS) is 10.3. The minimum atomic E-state index is -0.876. The molecule has 20 heavy (non-hydrogen) atoms. The topological polar surface area (TPSA) is 46.4 Å². The molecule has 0 aliphatic heterocycles. The Labute approximate surface area is 114 Å². The molecule has 2 rings (SSSR count). The van der Waals surface area contributed by atoms with Crippen LogP contribution < -0.4 is 4.90 Å². The van der Waals surface area contributed by atoms with E-state index in [1.807, 2.05) is 0 Å². The highest BCUT2D eigenvalue weighted by atomic mass is 19.1. The summed E-state index contributed by atoms with van der Waals surface area (Å²) in [6.45, 7) is 0.310. The standard InChI is InChI=1S/C14H12F2N2O2/c1-17(9-10-5-7-11(15)8-6-10)13-4-2-3-12(16)14(13)18(19)20/h2-8H,9H2,1H3. The summed E-state index contributed by atoms with van der Waals surface area (Å²) >= 11 is 0. The quantitative estimate of drug-likeness (QED) is 0.635. The second-order valence-corrected chi connectivity index (χ2v) is 4.35. The van der Waals surface area contributed by atoms with E-state index in [1.54, 1.807) is 24.1 Å². The van der Waals surface area contributed by atoms with Gasteiger partial charge in [0.1, 0.15) is 11.5 Å². The molecular weight excluding hydrogens is 266 g/mol. The molecule has 4 nitrogen and oxygen atoms in total. The van der Waals surface area contributed by atoms with Crippen molar-refractivity contribution in [3.05, 3.63) is 69.8 Å². The van der Waals surface area contributed by atoms with Crippen LogP contribution in [-0.2, 0) is 6.54 Å². The van der Waals surface area contributed by atoms with Crippen LogP contribution in [0.5, 0.6) is 0 Å². The van der Waals surface area contributed by atoms with E-state index < -0.39 is 16.4 Å². The largest absolute Gasteiger partial charge is 0.365 e. The second kappa shape index (κ2) is 5.64. The van der Waals surface area contributed by atoms with E-state index in [4.69, 9.17) is 0 Å². The van der Waals surface area contributed by atoms with E-state index in [2.05, 4.69) is 0 Å². The number of benzene rings is 2. The van der Waals surface area contributed by atoms with Gasteiger partial charge in [0, 0.05) is 13.6 Å². The van der Waals surface area contributed by atoms with E-state index in [9.17, 15) is 18.9 Å². The fourth-order valence-corrected chi connectivity index (χ4v) is 1.94. The van der Waals surface area contributed by atoms with Gasteiger partial charge in [0.2, 0.25) is 5.82 Å². The summed E-state index contributed by atoms with van der Waals surface area (Å²) in [6, 6.07) is 9.72. The lowest BCUT2D eigenvalue weighted by atomic mass is 10.2. The molecule has 0 atom stereocenters. The number of hydrogen-bond donors (Lipinski definition) is 0. The molecule has 0 amide bonds. The van der Waals surface area contributed by atoms with Crippen LogP contribution in [0.4, 0.5) is 20.2 Å². The van der Waals surface area contributed by atoms with Gasteiger partial charge in [-0.3, -0.25) is 10.1 Å². The highest BCUT2D eigenvalue weighted by Gasteiger charge is 2.22. The SMILES string of the molecule is CN(Cc1ccc(F)cc1)c1cccc(F)c1[N+](=O)[O-]. The summed E-state index contributed by atoms with van der Waals surface area (Å²) in [5, 5.41) is 10.9. The van der Waals surface area contributed by atoms with Crippen LogP contribution in [-0.4, -0.2) is 12.0 Å². The Kier molecular flexibility index (Phi) is 3.93. The van der Waals surface area contributed by atoms with Gasteiger partial charge in [0.15, 0.2) is 0 Å². The number of nitro benzene ring substituents is 1. The van der Waals surface area contributed by atoms with Gasteiger partial charge >= 0.3 is 5.69 Å². The van der Waals surface area contributed by atoms with E-state index in [-0.39, 0.29) is 11.5 Å². The van der Waals surface area contributed by atoms with Crippen molar-refractivity contribution in [3.8, 4) is 0 Å².